The van der Waals surface area contributed by atoms with E-state index in [1.165, 1.54) is 11.8 Å². The number of thioether (sulfide) groups is 1. The van der Waals surface area contributed by atoms with E-state index >= 15 is 0 Å². The summed E-state index contributed by atoms with van der Waals surface area (Å²) in [6.45, 7) is 5.91. The van der Waals surface area contributed by atoms with Gasteiger partial charge in [0.2, 0.25) is 11.5 Å². The van der Waals surface area contributed by atoms with E-state index in [0.29, 0.717) is 30.0 Å². The molecule has 1 aromatic heterocycles. The number of thiazole rings is 1. The third-order valence-corrected chi connectivity index (χ3v) is 12.7. The molecule has 3 N–H and O–H groups in total. The number of aromatic nitrogens is 1. The van der Waals surface area contributed by atoms with Crippen LogP contribution in [0.1, 0.15) is 49.6 Å². The first-order chi connectivity index (χ1) is 28.4. The van der Waals surface area contributed by atoms with Crippen molar-refractivity contribution in [3.05, 3.63) is 142 Å². The normalized spacial score (nSPS) is 22.6. The molecule has 8 rings (SSSR count). The molecule has 5 heterocycles. The van der Waals surface area contributed by atoms with Gasteiger partial charge in [0.15, 0.2) is 29.0 Å². The first-order valence-corrected chi connectivity index (χ1v) is 21.2. The highest BCUT2D eigenvalue weighted by atomic mass is 32.2. The lowest BCUT2D eigenvalue weighted by atomic mass is 9.80. The summed E-state index contributed by atoms with van der Waals surface area (Å²) >= 11 is 2.61. The van der Waals surface area contributed by atoms with Crippen LogP contribution in [0.15, 0.2) is 124 Å². The van der Waals surface area contributed by atoms with E-state index in [9.17, 15) is 19.2 Å². The van der Waals surface area contributed by atoms with E-state index in [1.807, 2.05) is 118 Å². The number of epoxide rings is 1. The minimum atomic E-state index is -1.29. The standard InChI is InChI=1S/C44H44N6O7S2/c1-43(2,3)32(51)23-55-41-36(56-41)35-27(22-26-20-21-49(4)38(26)53)24-58-40-34(39(54)50(35)40)47-37(52)33(31-25-59-42(45)46-31)48-57-44(28-14-8-5-9-15-28,29-16-10-6-11-17-29)30-18-12-7-13-19-30/h5-19,22,25,34,36,40-41H,20-21,23-24H2,1-4H3,(H2,45,46)(H,47,52)/b26-22+,48-33-/t34-,36?,40-,41?/m1/s1. The van der Waals surface area contributed by atoms with Crippen LogP contribution in [0.4, 0.5) is 5.13 Å². The second kappa shape index (κ2) is 16.2. The van der Waals surface area contributed by atoms with Crippen molar-refractivity contribution in [2.75, 3.05) is 31.7 Å². The van der Waals surface area contributed by atoms with Crippen molar-refractivity contribution < 1.29 is 33.5 Å². The zero-order chi connectivity index (χ0) is 41.5. The second-order valence-electron chi connectivity index (χ2n) is 15.7. The Morgan fingerprint density at radius 2 is 1.59 bits per heavy atom. The maximum absolute atomic E-state index is 14.5. The molecule has 0 radical (unpaired) electrons. The number of nitrogens with two attached hydrogens (primary N) is 1. The van der Waals surface area contributed by atoms with Crippen molar-refractivity contribution in [3.63, 3.8) is 0 Å². The Bertz CT molecular complexity index is 2260. The van der Waals surface area contributed by atoms with Crippen LogP contribution >= 0.6 is 23.1 Å². The van der Waals surface area contributed by atoms with Gasteiger partial charge in [0.25, 0.3) is 11.8 Å². The van der Waals surface area contributed by atoms with Crippen LogP contribution in [0.5, 0.6) is 0 Å². The van der Waals surface area contributed by atoms with Gasteiger partial charge < -0.3 is 30.3 Å². The van der Waals surface area contributed by atoms with E-state index in [-0.39, 0.29) is 40.7 Å². The molecular weight excluding hydrogens is 789 g/mol. The molecule has 2 unspecified atom stereocenters. The fourth-order valence-electron chi connectivity index (χ4n) is 7.34. The van der Waals surface area contributed by atoms with Crippen molar-refractivity contribution in [2.24, 2.45) is 10.6 Å². The Labute approximate surface area is 350 Å². The summed E-state index contributed by atoms with van der Waals surface area (Å²) in [5.41, 5.74) is 8.47. The monoisotopic (exact) mass is 832 g/mol. The number of Topliss-reactive ketones (excluding diaryl/α,β-unsaturated/α-hetero) is 1. The minimum Gasteiger partial charge on any atom is -0.375 e. The third-order valence-electron chi connectivity index (χ3n) is 10.7. The van der Waals surface area contributed by atoms with E-state index in [1.54, 1.807) is 22.2 Å². The number of allylic oxidation sites excluding steroid dienone is 1. The van der Waals surface area contributed by atoms with Gasteiger partial charge in [-0.1, -0.05) is 117 Å². The van der Waals surface area contributed by atoms with E-state index < -0.39 is 40.7 Å². The van der Waals surface area contributed by atoms with Crippen LogP contribution in [0, 0.1) is 5.41 Å². The van der Waals surface area contributed by atoms with Gasteiger partial charge in [0.05, 0.1) is 5.70 Å². The van der Waals surface area contributed by atoms with E-state index in [4.69, 9.17) is 20.0 Å². The number of β-lactam (4-membered cyclic amide) rings is 1. The second-order valence-corrected chi connectivity index (χ2v) is 17.7. The summed E-state index contributed by atoms with van der Waals surface area (Å²) in [7, 11) is 1.75. The van der Waals surface area contributed by atoms with Gasteiger partial charge in [-0.25, -0.2) is 4.98 Å². The van der Waals surface area contributed by atoms with Crippen molar-refractivity contribution in [1.29, 1.82) is 0 Å². The predicted molar refractivity (Wildman–Crippen MR) is 225 cm³/mol. The molecule has 4 aromatic rings. The number of oxime groups is 1. The number of carbonyl (C=O) groups is 4. The zero-order valence-corrected chi connectivity index (χ0v) is 34.6. The molecule has 0 bridgehead atoms. The van der Waals surface area contributed by atoms with Gasteiger partial charge in [-0.3, -0.25) is 24.1 Å². The molecule has 0 saturated carbocycles. The molecule has 3 saturated heterocycles. The Balaban J connectivity index is 1.10. The molecule has 4 atom stereocenters. The number of benzene rings is 3. The number of hydrogen-bond acceptors (Lipinski definition) is 12. The van der Waals surface area contributed by atoms with Gasteiger partial charge in [-0.2, -0.15) is 0 Å². The molecule has 3 amide bonds. The van der Waals surface area contributed by atoms with Crippen LogP contribution in [0.25, 0.3) is 0 Å². The number of ketones is 1. The zero-order valence-electron chi connectivity index (χ0n) is 33.0. The smallest absolute Gasteiger partial charge is 0.276 e. The van der Waals surface area contributed by atoms with Crippen molar-refractivity contribution >= 4 is 57.4 Å². The number of nitrogens with one attached hydrogen (secondary N) is 1. The molecule has 0 aliphatic carbocycles. The quantitative estimate of drug-likeness (QED) is 0.0454. The molecule has 3 aromatic carbocycles. The van der Waals surface area contributed by atoms with Crippen LogP contribution in [-0.4, -0.2) is 93.8 Å². The van der Waals surface area contributed by atoms with Gasteiger partial charge in [0.1, 0.15) is 23.7 Å². The van der Waals surface area contributed by atoms with E-state index in [0.717, 1.165) is 33.6 Å². The Morgan fingerprint density at radius 3 is 2.12 bits per heavy atom. The van der Waals surface area contributed by atoms with E-state index in [2.05, 4.69) is 15.5 Å². The van der Waals surface area contributed by atoms with Gasteiger partial charge in [0, 0.05) is 52.4 Å². The largest absolute Gasteiger partial charge is 0.375 e. The molecular formula is C44H44N6O7S2. The molecule has 59 heavy (non-hydrogen) atoms. The molecule has 304 valence electrons. The molecule has 15 heteroatoms. The molecule has 3 fully saturated rings. The van der Waals surface area contributed by atoms with Crippen molar-refractivity contribution in [1.82, 2.24) is 20.1 Å². The highest BCUT2D eigenvalue weighted by Crippen LogP contribution is 2.47. The van der Waals surface area contributed by atoms with Gasteiger partial charge in [-0.05, 0) is 18.1 Å². The first-order valence-electron chi connectivity index (χ1n) is 19.3. The number of nitrogen functional groups attached to an aromatic ring is 1. The fourth-order valence-corrected chi connectivity index (χ4v) is 9.22. The van der Waals surface area contributed by atoms with Crippen molar-refractivity contribution in [3.8, 4) is 0 Å². The SMILES string of the molecule is CN1CC/C(=C\C2=C(C3OC3OCC(=O)C(C)(C)C)N3C(=O)[C@@H](NC(=O)/C(=N\OC(c4ccccc4)(c4ccccc4)c4ccccc4)c4csc(N)n4)[C@H]3SC2)C1=O. The van der Waals surface area contributed by atoms with Crippen LogP contribution < -0.4 is 11.1 Å². The number of anilines is 1. The molecule has 4 aliphatic heterocycles. The minimum absolute atomic E-state index is 0.0723. The summed E-state index contributed by atoms with van der Waals surface area (Å²) in [6, 6.07) is 27.9. The summed E-state index contributed by atoms with van der Waals surface area (Å²) < 4.78 is 11.8. The number of nitrogens with zero attached hydrogens (tertiary/aromatic N) is 4. The lowest BCUT2D eigenvalue weighted by Gasteiger charge is -2.50. The lowest BCUT2D eigenvalue weighted by Crippen LogP contribution is -2.71. The highest BCUT2D eigenvalue weighted by Gasteiger charge is 2.59. The predicted octanol–water partition coefficient (Wildman–Crippen LogP) is 5.24. The number of rotatable bonds is 13. The number of hydrogen-bond donors (Lipinski definition) is 2. The fraction of sp³-hybridized carbons (Fsp3) is 0.318. The maximum Gasteiger partial charge on any atom is 0.276 e. The Hall–Kier alpha value is -5.61. The topological polar surface area (TPSA) is 169 Å². The summed E-state index contributed by atoms with van der Waals surface area (Å²) in [4.78, 5) is 68.6. The van der Waals surface area contributed by atoms with Crippen LogP contribution in [0.3, 0.4) is 0 Å². The number of fused-ring (bicyclic) bond motifs is 1. The number of likely N-dealkylation sites (tertiary alicyclic amines) is 1. The number of carbonyl (C=O) groups excluding carboxylic acids is 4. The van der Waals surface area contributed by atoms with Gasteiger partial charge in [-0.15, -0.1) is 23.1 Å². The van der Waals surface area contributed by atoms with Gasteiger partial charge >= 0.3 is 0 Å². The number of amides is 3. The lowest BCUT2D eigenvalue weighted by molar-refractivity contribution is -0.145. The van der Waals surface area contributed by atoms with Crippen LogP contribution in [-0.2, 0) is 39.1 Å². The average molecular weight is 833 g/mol. The summed E-state index contributed by atoms with van der Waals surface area (Å²) in [5.74, 6) is -0.776. The van der Waals surface area contributed by atoms with Crippen LogP contribution in [0.2, 0.25) is 0 Å². The highest BCUT2D eigenvalue weighted by molar-refractivity contribution is 8.00. The number of likely N-dealkylation sites (N-methyl/N-ethyl adjacent to an activating group) is 1. The summed E-state index contributed by atoms with van der Waals surface area (Å²) in [5, 5.41) is 8.85. The maximum atomic E-state index is 14.5. The number of ether oxygens (including phenoxy) is 2. The molecule has 13 nitrogen and oxygen atoms in total. The van der Waals surface area contributed by atoms with Crippen molar-refractivity contribution in [2.45, 2.75) is 56.6 Å². The third kappa shape index (κ3) is 7.82. The summed E-state index contributed by atoms with van der Waals surface area (Å²) in [6.07, 6.45) is 1.03. The Kier molecular flexibility index (Phi) is 11.0. The first kappa shape index (κ1) is 40.2. The Morgan fingerprint density at radius 1 is 0.983 bits per heavy atom. The average Bonchev–Trinajstić information content (AvgIpc) is 3.78. The molecule has 4 aliphatic rings. The molecule has 0 spiro atoms.